The van der Waals surface area contributed by atoms with Crippen LogP contribution < -0.4 is 10.2 Å². The van der Waals surface area contributed by atoms with Crippen molar-refractivity contribution in [3.63, 3.8) is 0 Å². The van der Waals surface area contributed by atoms with Crippen LogP contribution in [0.15, 0.2) is 28.8 Å². The molecule has 0 bridgehead atoms. The molecule has 3 rings (SSSR count). The van der Waals surface area contributed by atoms with E-state index in [2.05, 4.69) is 10.5 Å². The largest absolute Gasteiger partial charge is 0.361 e. The lowest BCUT2D eigenvalue weighted by atomic mass is 10.1. The number of hydrogen-bond donors (Lipinski definition) is 1. The molecule has 0 unspecified atom stereocenters. The average molecular weight is 370 g/mol. The van der Waals surface area contributed by atoms with Gasteiger partial charge in [0, 0.05) is 37.8 Å². The Balaban J connectivity index is 1.53. The first-order chi connectivity index (χ1) is 13.0. The Morgan fingerprint density at radius 1 is 1.26 bits per heavy atom. The van der Waals surface area contributed by atoms with Crippen molar-refractivity contribution in [2.75, 3.05) is 18.5 Å². The highest BCUT2D eigenvalue weighted by molar-refractivity contribution is 5.93. The van der Waals surface area contributed by atoms with Crippen molar-refractivity contribution in [3.8, 4) is 0 Å². The molecule has 0 saturated carbocycles. The van der Waals surface area contributed by atoms with Crippen molar-refractivity contribution in [3.05, 3.63) is 46.8 Å². The molecule has 1 aromatic carbocycles. The molecule has 2 aromatic rings. The fourth-order valence-electron chi connectivity index (χ4n) is 3.22. The molecule has 7 nitrogen and oxygen atoms in total. The third kappa shape index (κ3) is 4.48. The maximum Gasteiger partial charge on any atom is 0.317 e. The number of urea groups is 1. The van der Waals surface area contributed by atoms with Gasteiger partial charge in [-0.3, -0.25) is 4.79 Å². The van der Waals surface area contributed by atoms with E-state index in [0.29, 0.717) is 19.5 Å². The quantitative estimate of drug-likeness (QED) is 0.877. The molecule has 0 radical (unpaired) electrons. The van der Waals surface area contributed by atoms with Crippen LogP contribution in [0.1, 0.15) is 41.8 Å². The van der Waals surface area contributed by atoms with Crippen molar-refractivity contribution in [2.45, 2.75) is 46.2 Å². The van der Waals surface area contributed by atoms with Crippen LogP contribution in [-0.4, -0.2) is 35.6 Å². The Morgan fingerprint density at radius 2 is 2.00 bits per heavy atom. The van der Waals surface area contributed by atoms with Crippen molar-refractivity contribution >= 4 is 17.6 Å². The summed E-state index contributed by atoms with van der Waals surface area (Å²) in [6.45, 7) is 5.37. The number of anilines is 1. The Bertz CT molecular complexity index is 794. The van der Waals surface area contributed by atoms with Gasteiger partial charge in [0.05, 0.1) is 12.2 Å². The molecule has 0 aliphatic carbocycles. The van der Waals surface area contributed by atoms with Gasteiger partial charge in [-0.15, -0.1) is 0 Å². The number of carbonyl (C=O) groups excluding carboxylic acids is 2. The Hall–Kier alpha value is -2.83. The molecule has 3 amide bonds. The Kier molecular flexibility index (Phi) is 5.78. The topological polar surface area (TPSA) is 78.7 Å². The second kappa shape index (κ2) is 8.24. The number of rotatable bonds is 5. The fourth-order valence-corrected chi connectivity index (χ4v) is 3.22. The molecule has 1 fully saturated rings. The number of hydrogen-bond acceptors (Lipinski definition) is 4. The molecule has 7 heteroatoms. The molecule has 1 N–H and O–H groups in total. The van der Waals surface area contributed by atoms with Crippen LogP contribution in [0, 0.1) is 13.8 Å². The number of aromatic nitrogens is 1. The van der Waals surface area contributed by atoms with Crippen molar-refractivity contribution in [1.29, 1.82) is 0 Å². The first-order valence-corrected chi connectivity index (χ1v) is 9.25. The molecule has 144 valence electrons. The molecular weight excluding hydrogens is 344 g/mol. The van der Waals surface area contributed by atoms with Crippen molar-refractivity contribution in [2.24, 2.45) is 0 Å². The van der Waals surface area contributed by atoms with Crippen LogP contribution in [0.3, 0.4) is 0 Å². The SMILES string of the molecule is Cc1noc(C)c1CN(C)C(=O)NCc1ccc(N2CCCCC2=O)cc1. The van der Waals surface area contributed by atoms with Crippen LogP contribution in [0.5, 0.6) is 0 Å². The number of nitrogens with zero attached hydrogens (tertiary/aromatic N) is 3. The van der Waals surface area contributed by atoms with Gasteiger partial charge in [0.25, 0.3) is 0 Å². The predicted molar refractivity (Wildman–Crippen MR) is 102 cm³/mol. The lowest BCUT2D eigenvalue weighted by molar-refractivity contribution is -0.119. The molecule has 1 saturated heterocycles. The van der Waals surface area contributed by atoms with Gasteiger partial charge in [-0.2, -0.15) is 0 Å². The number of carbonyl (C=O) groups is 2. The predicted octanol–water partition coefficient (Wildman–Crippen LogP) is 3.15. The minimum absolute atomic E-state index is 0.162. The van der Waals surface area contributed by atoms with Crippen molar-refractivity contribution in [1.82, 2.24) is 15.4 Å². The Morgan fingerprint density at radius 3 is 2.63 bits per heavy atom. The second-order valence-electron chi connectivity index (χ2n) is 6.99. The van der Waals surface area contributed by atoms with Gasteiger partial charge in [0.2, 0.25) is 5.91 Å². The molecule has 1 aliphatic rings. The molecule has 1 aliphatic heterocycles. The maximum absolute atomic E-state index is 12.3. The van der Waals surface area contributed by atoms with Gasteiger partial charge in [-0.1, -0.05) is 17.3 Å². The number of nitrogens with one attached hydrogen (secondary N) is 1. The summed E-state index contributed by atoms with van der Waals surface area (Å²) in [5.74, 6) is 0.915. The summed E-state index contributed by atoms with van der Waals surface area (Å²) in [4.78, 5) is 27.8. The van der Waals surface area contributed by atoms with Gasteiger partial charge < -0.3 is 19.6 Å². The zero-order valence-electron chi connectivity index (χ0n) is 16.1. The monoisotopic (exact) mass is 370 g/mol. The fraction of sp³-hybridized carbons (Fsp3) is 0.450. The van der Waals surface area contributed by atoms with Crippen LogP contribution in [0.4, 0.5) is 10.5 Å². The Labute approximate surface area is 159 Å². The summed E-state index contributed by atoms with van der Waals surface area (Å²) < 4.78 is 5.14. The molecule has 0 spiro atoms. The first-order valence-electron chi connectivity index (χ1n) is 9.25. The van der Waals surface area contributed by atoms with Crippen LogP contribution in [0.2, 0.25) is 0 Å². The maximum atomic E-state index is 12.3. The standard InChI is InChI=1S/C20H26N4O3/c1-14-18(15(2)27-22-14)13-23(3)20(26)21-12-16-7-9-17(10-8-16)24-11-5-4-6-19(24)25/h7-10H,4-6,11-13H2,1-3H3,(H,21,26). The number of aryl methyl sites for hydroxylation is 2. The molecule has 0 atom stereocenters. The van der Waals surface area contributed by atoms with E-state index in [9.17, 15) is 9.59 Å². The minimum Gasteiger partial charge on any atom is -0.361 e. The summed E-state index contributed by atoms with van der Waals surface area (Å²) >= 11 is 0. The number of benzene rings is 1. The van der Waals surface area contributed by atoms with E-state index in [4.69, 9.17) is 4.52 Å². The minimum atomic E-state index is -0.162. The van der Waals surface area contributed by atoms with Crippen LogP contribution in [-0.2, 0) is 17.9 Å². The molecule has 2 heterocycles. The van der Waals surface area contributed by atoms with Crippen molar-refractivity contribution < 1.29 is 14.1 Å². The lowest BCUT2D eigenvalue weighted by Crippen LogP contribution is -2.36. The average Bonchev–Trinajstić information content (AvgIpc) is 2.99. The zero-order chi connectivity index (χ0) is 19.4. The first kappa shape index (κ1) is 18.9. The van der Waals surface area contributed by atoms with Gasteiger partial charge >= 0.3 is 6.03 Å². The smallest absolute Gasteiger partial charge is 0.317 e. The normalized spacial score (nSPS) is 14.3. The van der Waals surface area contributed by atoms with Crippen LogP contribution in [0.25, 0.3) is 0 Å². The summed E-state index contributed by atoms with van der Waals surface area (Å²) in [6.07, 6.45) is 2.64. The van der Waals surface area contributed by atoms with Gasteiger partial charge in [-0.05, 0) is 44.4 Å². The number of piperidine rings is 1. The third-order valence-electron chi connectivity index (χ3n) is 4.94. The van der Waals surface area contributed by atoms with E-state index >= 15 is 0 Å². The number of amides is 3. The summed E-state index contributed by atoms with van der Waals surface area (Å²) in [5, 5.41) is 6.83. The van der Waals surface area contributed by atoms with E-state index < -0.39 is 0 Å². The van der Waals surface area contributed by atoms with Crippen LogP contribution >= 0.6 is 0 Å². The summed E-state index contributed by atoms with van der Waals surface area (Å²) in [5.41, 5.74) is 3.64. The van der Waals surface area contributed by atoms with E-state index in [1.807, 2.05) is 43.0 Å². The molecule has 27 heavy (non-hydrogen) atoms. The highest BCUT2D eigenvalue weighted by atomic mass is 16.5. The highest BCUT2D eigenvalue weighted by Crippen LogP contribution is 2.21. The zero-order valence-corrected chi connectivity index (χ0v) is 16.1. The van der Waals surface area contributed by atoms with Gasteiger partial charge in [0.15, 0.2) is 0 Å². The van der Waals surface area contributed by atoms with E-state index in [1.54, 1.807) is 11.9 Å². The van der Waals surface area contributed by atoms with E-state index in [-0.39, 0.29) is 11.9 Å². The third-order valence-corrected chi connectivity index (χ3v) is 4.94. The molecular formula is C20H26N4O3. The lowest BCUT2D eigenvalue weighted by Gasteiger charge is -2.27. The van der Waals surface area contributed by atoms with E-state index in [1.165, 1.54) is 0 Å². The second-order valence-corrected chi connectivity index (χ2v) is 6.99. The summed E-state index contributed by atoms with van der Waals surface area (Å²) in [7, 11) is 1.74. The highest BCUT2D eigenvalue weighted by Gasteiger charge is 2.19. The molecule has 1 aromatic heterocycles. The van der Waals surface area contributed by atoms with E-state index in [0.717, 1.165) is 47.7 Å². The summed E-state index contributed by atoms with van der Waals surface area (Å²) in [6, 6.07) is 7.62. The van der Waals surface area contributed by atoms with Gasteiger partial charge in [0.1, 0.15) is 5.76 Å². The van der Waals surface area contributed by atoms with Gasteiger partial charge in [-0.25, -0.2) is 4.79 Å².